The predicted molar refractivity (Wildman–Crippen MR) is 46.6 cm³/mol. The second-order valence-corrected chi connectivity index (χ2v) is 3.40. The van der Waals surface area contributed by atoms with Crippen LogP contribution in [-0.2, 0) is 0 Å². The zero-order valence-corrected chi connectivity index (χ0v) is 8.46. The first kappa shape index (κ1) is 9.86. The van der Waals surface area contributed by atoms with Gasteiger partial charge in [0.05, 0.1) is 5.56 Å². The lowest BCUT2D eigenvalue weighted by molar-refractivity contribution is 0.150. The van der Waals surface area contributed by atoms with E-state index < -0.39 is 6.43 Å². The zero-order chi connectivity index (χ0) is 9.30. The highest BCUT2D eigenvalue weighted by atomic mass is 79.9. The number of aromatic nitrogens is 1. The molecule has 0 amide bonds. The molecule has 5 heteroatoms. The number of halogens is 4. The molecule has 0 unspecified atom stereocenters. The Morgan fingerprint density at radius 3 is 2.67 bits per heavy atom. The van der Waals surface area contributed by atoms with E-state index in [0.29, 0.717) is 10.0 Å². The SMILES string of the molecule is Cc1c(Cl)ncc(C(F)F)c1Br. The molecule has 1 aromatic heterocycles. The van der Waals surface area contributed by atoms with E-state index in [1.54, 1.807) is 6.92 Å². The molecule has 0 saturated carbocycles. The van der Waals surface area contributed by atoms with Gasteiger partial charge < -0.3 is 0 Å². The van der Waals surface area contributed by atoms with Crippen LogP contribution in [0.1, 0.15) is 17.6 Å². The molecule has 0 radical (unpaired) electrons. The zero-order valence-electron chi connectivity index (χ0n) is 6.11. The Bertz CT molecular complexity index is 304. The number of hydrogen-bond acceptors (Lipinski definition) is 1. The number of nitrogens with zero attached hydrogens (tertiary/aromatic N) is 1. The summed E-state index contributed by atoms with van der Waals surface area (Å²) in [4.78, 5) is 3.62. The molecule has 0 bridgehead atoms. The molecule has 1 nitrogen and oxygen atoms in total. The average Bonchev–Trinajstić information content (AvgIpc) is 2.00. The van der Waals surface area contributed by atoms with Crippen LogP contribution in [0, 0.1) is 6.92 Å². The fourth-order valence-electron chi connectivity index (χ4n) is 0.739. The van der Waals surface area contributed by atoms with Crippen molar-refractivity contribution < 1.29 is 8.78 Å². The summed E-state index contributed by atoms with van der Waals surface area (Å²) in [6.45, 7) is 1.63. The van der Waals surface area contributed by atoms with Gasteiger partial charge in [-0.3, -0.25) is 0 Å². The maximum absolute atomic E-state index is 12.2. The fraction of sp³-hybridized carbons (Fsp3) is 0.286. The number of pyridine rings is 1. The third-order valence-electron chi connectivity index (χ3n) is 1.44. The standard InChI is InChI=1S/C7H5BrClF2N/c1-3-5(8)4(7(10)11)2-12-6(3)9/h2,7H,1H3. The van der Waals surface area contributed by atoms with Gasteiger partial charge in [-0.15, -0.1) is 0 Å². The lowest BCUT2D eigenvalue weighted by Crippen LogP contribution is -1.92. The summed E-state index contributed by atoms with van der Waals surface area (Å²) in [6.07, 6.45) is -1.45. The summed E-state index contributed by atoms with van der Waals surface area (Å²) in [5.74, 6) is 0. The Hall–Kier alpha value is -0.220. The third-order valence-corrected chi connectivity index (χ3v) is 2.88. The second-order valence-electron chi connectivity index (χ2n) is 2.24. The van der Waals surface area contributed by atoms with Crippen molar-refractivity contribution in [3.8, 4) is 0 Å². The van der Waals surface area contributed by atoms with Crippen LogP contribution in [0.3, 0.4) is 0 Å². The number of hydrogen-bond donors (Lipinski definition) is 0. The van der Waals surface area contributed by atoms with E-state index in [2.05, 4.69) is 20.9 Å². The molecule has 0 aliphatic heterocycles. The van der Waals surface area contributed by atoms with Crippen LogP contribution in [-0.4, -0.2) is 4.98 Å². The molecular weight excluding hydrogens is 251 g/mol. The van der Waals surface area contributed by atoms with Gasteiger partial charge >= 0.3 is 0 Å². The quantitative estimate of drug-likeness (QED) is 0.698. The largest absolute Gasteiger partial charge is 0.266 e. The van der Waals surface area contributed by atoms with Crippen molar-refractivity contribution in [1.29, 1.82) is 0 Å². The Labute approximate surface area is 81.9 Å². The minimum Gasteiger partial charge on any atom is -0.244 e. The minimum atomic E-state index is -2.53. The molecule has 0 atom stereocenters. The highest BCUT2D eigenvalue weighted by Crippen LogP contribution is 2.31. The van der Waals surface area contributed by atoms with Crippen LogP contribution in [0.2, 0.25) is 5.15 Å². The van der Waals surface area contributed by atoms with Gasteiger partial charge in [0.2, 0.25) is 0 Å². The highest BCUT2D eigenvalue weighted by molar-refractivity contribution is 9.10. The first-order chi connectivity index (χ1) is 5.54. The summed E-state index contributed by atoms with van der Waals surface area (Å²) in [5, 5.41) is 0.242. The molecule has 12 heavy (non-hydrogen) atoms. The second kappa shape index (κ2) is 3.66. The first-order valence-electron chi connectivity index (χ1n) is 3.12. The van der Waals surface area contributed by atoms with Crippen molar-refractivity contribution in [2.45, 2.75) is 13.3 Å². The van der Waals surface area contributed by atoms with Gasteiger partial charge in [-0.05, 0) is 22.9 Å². The molecule has 1 rings (SSSR count). The lowest BCUT2D eigenvalue weighted by atomic mass is 10.2. The summed E-state index contributed by atoms with van der Waals surface area (Å²) in [5.41, 5.74) is 0.409. The van der Waals surface area contributed by atoms with E-state index in [9.17, 15) is 8.78 Å². The van der Waals surface area contributed by atoms with Gasteiger partial charge in [0, 0.05) is 16.2 Å². The van der Waals surface area contributed by atoms with Crippen LogP contribution in [0.5, 0.6) is 0 Å². The first-order valence-corrected chi connectivity index (χ1v) is 4.29. The molecule has 1 aromatic rings. The molecule has 0 saturated heterocycles. The van der Waals surface area contributed by atoms with Gasteiger partial charge in [0.15, 0.2) is 0 Å². The summed E-state index contributed by atoms with van der Waals surface area (Å²) in [7, 11) is 0. The molecule has 0 aliphatic carbocycles. The maximum Gasteiger partial charge on any atom is 0.266 e. The minimum absolute atomic E-state index is 0.128. The fourth-order valence-corrected chi connectivity index (χ4v) is 1.46. The monoisotopic (exact) mass is 255 g/mol. The van der Waals surface area contributed by atoms with Crippen LogP contribution in [0.4, 0.5) is 8.78 Å². The smallest absolute Gasteiger partial charge is 0.244 e. The van der Waals surface area contributed by atoms with Crippen molar-refractivity contribution >= 4 is 27.5 Å². The summed E-state index contributed by atoms with van der Waals surface area (Å²) in [6, 6.07) is 0. The van der Waals surface area contributed by atoms with Crippen LogP contribution >= 0.6 is 27.5 Å². The van der Waals surface area contributed by atoms with Gasteiger partial charge in [0.1, 0.15) is 5.15 Å². The molecule has 66 valence electrons. The van der Waals surface area contributed by atoms with Gasteiger partial charge in [-0.1, -0.05) is 11.6 Å². The Morgan fingerprint density at radius 1 is 1.58 bits per heavy atom. The van der Waals surface area contributed by atoms with E-state index in [0.717, 1.165) is 6.20 Å². The van der Waals surface area contributed by atoms with Crippen LogP contribution in [0.25, 0.3) is 0 Å². The van der Waals surface area contributed by atoms with Crippen molar-refractivity contribution in [2.75, 3.05) is 0 Å². The summed E-state index contributed by atoms with van der Waals surface area (Å²) < 4.78 is 24.8. The molecule has 1 heterocycles. The Balaban J connectivity index is 3.27. The molecular formula is C7H5BrClF2N. The van der Waals surface area contributed by atoms with Crippen molar-refractivity contribution in [3.05, 3.63) is 26.9 Å². The predicted octanol–water partition coefficient (Wildman–Crippen LogP) is 3.74. The van der Waals surface area contributed by atoms with Gasteiger partial charge in [0.25, 0.3) is 6.43 Å². The van der Waals surface area contributed by atoms with Crippen LogP contribution < -0.4 is 0 Å². The van der Waals surface area contributed by atoms with Gasteiger partial charge in [-0.25, -0.2) is 13.8 Å². The molecule has 0 spiro atoms. The van der Waals surface area contributed by atoms with E-state index in [-0.39, 0.29) is 10.7 Å². The number of rotatable bonds is 1. The summed E-state index contributed by atoms with van der Waals surface area (Å²) >= 11 is 8.63. The topological polar surface area (TPSA) is 12.9 Å². The van der Waals surface area contributed by atoms with Gasteiger partial charge in [-0.2, -0.15) is 0 Å². The third kappa shape index (κ3) is 1.75. The van der Waals surface area contributed by atoms with E-state index >= 15 is 0 Å². The Kier molecular flexibility index (Phi) is 3.01. The molecule has 0 aromatic carbocycles. The van der Waals surface area contributed by atoms with Crippen molar-refractivity contribution in [2.24, 2.45) is 0 Å². The molecule has 0 N–H and O–H groups in total. The van der Waals surface area contributed by atoms with E-state index in [1.165, 1.54) is 0 Å². The number of alkyl halides is 2. The average molecular weight is 256 g/mol. The molecule has 0 aliphatic rings. The van der Waals surface area contributed by atoms with Crippen LogP contribution in [0.15, 0.2) is 10.7 Å². The molecule has 0 fully saturated rings. The highest BCUT2D eigenvalue weighted by Gasteiger charge is 2.15. The van der Waals surface area contributed by atoms with Crippen molar-refractivity contribution in [1.82, 2.24) is 4.98 Å². The maximum atomic E-state index is 12.2. The van der Waals surface area contributed by atoms with Crippen molar-refractivity contribution in [3.63, 3.8) is 0 Å². The van der Waals surface area contributed by atoms with E-state index in [4.69, 9.17) is 11.6 Å². The Morgan fingerprint density at radius 2 is 2.17 bits per heavy atom. The normalized spacial score (nSPS) is 10.8. The lowest BCUT2D eigenvalue weighted by Gasteiger charge is -2.05. The van der Waals surface area contributed by atoms with E-state index in [1.807, 2.05) is 0 Å².